The van der Waals surface area contributed by atoms with Crippen molar-refractivity contribution in [2.24, 2.45) is 5.92 Å². The van der Waals surface area contributed by atoms with E-state index < -0.39 is 16.1 Å². The van der Waals surface area contributed by atoms with Crippen LogP contribution in [0.5, 0.6) is 5.75 Å². The number of likely N-dealkylation sites (tertiary alicyclic amines) is 1. The highest BCUT2D eigenvalue weighted by Crippen LogP contribution is 2.30. The van der Waals surface area contributed by atoms with Crippen molar-refractivity contribution >= 4 is 32.5 Å². The predicted molar refractivity (Wildman–Crippen MR) is 146 cm³/mol. The van der Waals surface area contributed by atoms with Gasteiger partial charge in [0.1, 0.15) is 17.6 Å². The number of fused-ring (bicyclic) bond motifs is 1. The van der Waals surface area contributed by atoms with Crippen molar-refractivity contribution in [1.29, 1.82) is 0 Å². The Morgan fingerprint density at radius 1 is 1.08 bits per heavy atom. The average molecular weight is 525 g/mol. The molecule has 8 nitrogen and oxygen atoms in total. The van der Waals surface area contributed by atoms with Crippen LogP contribution in [-0.4, -0.2) is 56.5 Å². The van der Waals surface area contributed by atoms with Crippen LogP contribution in [0, 0.1) is 5.92 Å². The molecule has 1 amide bonds. The number of amides is 1. The van der Waals surface area contributed by atoms with E-state index in [1.54, 1.807) is 35.4 Å². The van der Waals surface area contributed by atoms with E-state index in [4.69, 9.17) is 4.74 Å². The summed E-state index contributed by atoms with van der Waals surface area (Å²) in [5.41, 5.74) is 0. The van der Waals surface area contributed by atoms with Gasteiger partial charge in [-0.2, -0.15) is 4.72 Å². The van der Waals surface area contributed by atoms with E-state index in [1.165, 1.54) is 0 Å². The standard InChI is InChI=1S/C28H36N4O4S/c1-3-36-25-12-6-10-23-22(25)9-7-13-26(23)37(34,35)31-24(28(33)32-19-15-21(2)16-20-32)11-8-18-30-27-14-4-5-17-29-27/h4-7,9-10,12-14,17,21,24,31H,3,8,11,15-16,18-20H2,1-2H3,(H,29,30). The maximum atomic E-state index is 13.7. The van der Waals surface area contributed by atoms with Gasteiger partial charge in [0.2, 0.25) is 15.9 Å². The zero-order valence-electron chi connectivity index (χ0n) is 21.5. The van der Waals surface area contributed by atoms with Crippen LogP contribution in [0.4, 0.5) is 5.82 Å². The van der Waals surface area contributed by atoms with Crippen LogP contribution in [0.25, 0.3) is 10.8 Å². The van der Waals surface area contributed by atoms with Crippen molar-refractivity contribution in [1.82, 2.24) is 14.6 Å². The quantitative estimate of drug-likeness (QED) is 0.360. The lowest BCUT2D eigenvalue weighted by Gasteiger charge is -2.33. The Morgan fingerprint density at radius 3 is 2.57 bits per heavy atom. The second-order valence-electron chi connectivity index (χ2n) is 9.51. The third-order valence-corrected chi connectivity index (χ3v) is 8.29. The summed E-state index contributed by atoms with van der Waals surface area (Å²) in [5, 5.41) is 4.52. The average Bonchev–Trinajstić information content (AvgIpc) is 2.91. The third-order valence-electron chi connectivity index (χ3n) is 6.76. The van der Waals surface area contributed by atoms with Gasteiger partial charge in [-0.05, 0) is 62.8 Å². The van der Waals surface area contributed by atoms with Crippen LogP contribution in [-0.2, 0) is 14.8 Å². The number of anilines is 1. The maximum Gasteiger partial charge on any atom is 0.241 e. The first-order valence-electron chi connectivity index (χ1n) is 13.0. The van der Waals surface area contributed by atoms with Gasteiger partial charge in [-0.25, -0.2) is 13.4 Å². The molecule has 198 valence electrons. The predicted octanol–water partition coefficient (Wildman–Crippen LogP) is 4.43. The summed E-state index contributed by atoms with van der Waals surface area (Å²) < 4.78 is 35.8. The highest BCUT2D eigenvalue weighted by molar-refractivity contribution is 7.89. The van der Waals surface area contributed by atoms with Gasteiger partial charge in [-0.3, -0.25) is 4.79 Å². The fraction of sp³-hybridized carbons (Fsp3) is 0.429. The van der Waals surface area contributed by atoms with Crippen LogP contribution in [0.1, 0.15) is 39.5 Å². The second kappa shape index (κ2) is 12.4. The lowest BCUT2D eigenvalue weighted by Crippen LogP contribution is -2.50. The molecule has 1 aromatic heterocycles. The molecule has 1 fully saturated rings. The lowest BCUT2D eigenvalue weighted by atomic mass is 9.98. The summed E-state index contributed by atoms with van der Waals surface area (Å²) in [6, 6.07) is 15.3. The molecule has 0 spiro atoms. The number of hydrogen-bond acceptors (Lipinski definition) is 6. The zero-order chi connectivity index (χ0) is 26.3. The summed E-state index contributed by atoms with van der Waals surface area (Å²) >= 11 is 0. The van der Waals surface area contributed by atoms with Crippen LogP contribution < -0.4 is 14.8 Å². The molecule has 0 bridgehead atoms. The molecule has 1 atom stereocenters. The largest absolute Gasteiger partial charge is 0.493 e. The van der Waals surface area contributed by atoms with Crippen molar-refractivity contribution in [3.63, 3.8) is 0 Å². The Hall–Kier alpha value is -3.17. The summed E-state index contributed by atoms with van der Waals surface area (Å²) in [7, 11) is -3.99. The summed E-state index contributed by atoms with van der Waals surface area (Å²) in [4.78, 5) is 19.7. The maximum absolute atomic E-state index is 13.7. The molecule has 0 saturated carbocycles. The molecule has 37 heavy (non-hydrogen) atoms. The van der Waals surface area contributed by atoms with E-state index in [2.05, 4.69) is 21.9 Å². The van der Waals surface area contributed by atoms with Crippen molar-refractivity contribution in [3.8, 4) is 5.75 Å². The van der Waals surface area contributed by atoms with Crippen molar-refractivity contribution in [2.75, 3.05) is 31.6 Å². The molecule has 2 heterocycles. The first-order chi connectivity index (χ1) is 17.9. The number of carbonyl (C=O) groups is 1. The molecule has 1 aliphatic rings. The van der Waals surface area contributed by atoms with Crippen LogP contribution in [0.15, 0.2) is 65.7 Å². The van der Waals surface area contributed by atoms with Gasteiger partial charge < -0.3 is 15.0 Å². The fourth-order valence-electron chi connectivity index (χ4n) is 4.69. The summed E-state index contributed by atoms with van der Waals surface area (Å²) in [5.74, 6) is 1.78. The molecule has 0 radical (unpaired) electrons. The van der Waals surface area contributed by atoms with E-state index >= 15 is 0 Å². The lowest BCUT2D eigenvalue weighted by molar-refractivity contribution is -0.134. The SMILES string of the molecule is CCOc1cccc2c(S(=O)(=O)NC(CCCNc3ccccn3)C(=O)N3CCC(C)CC3)cccc12. The van der Waals surface area contributed by atoms with E-state index in [9.17, 15) is 13.2 Å². The monoisotopic (exact) mass is 524 g/mol. The highest BCUT2D eigenvalue weighted by atomic mass is 32.2. The summed E-state index contributed by atoms with van der Waals surface area (Å²) in [6.07, 6.45) is 4.54. The van der Waals surface area contributed by atoms with Gasteiger partial charge >= 0.3 is 0 Å². The Bertz CT molecular complexity index is 1290. The molecular weight excluding hydrogens is 488 g/mol. The molecule has 4 rings (SSSR count). The van der Waals surface area contributed by atoms with E-state index in [1.807, 2.05) is 37.3 Å². The Morgan fingerprint density at radius 2 is 1.84 bits per heavy atom. The Labute approximate surface area is 219 Å². The number of nitrogens with zero attached hydrogens (tertiary/aromatic N) is 2. The molecule has 2 aromatic carbocycles. The minimum absolute atomic E-state index is 0.142. The number of benzene rings is 2. The number of nitrogens with one attached hydrogen (secondary N) is 2. The van der Waals surface area contributed by atoms with Gasteiger partial charge in [0.15, 0.2) is 0 Å². The molecule has 2 N–H and O–H groups in total. The number of aromatic nitrogens is 1. The number of hydrogen-bond donors (Lipinski definition) is 2. The first-order valence-corrected chi connectivity index (χ1v) is 14.5. The molecule has 0 aliphatic carbocycles. The molecule has 1 aliphatic heterocycles. The molecule has 9 heteroatoms. The minimum atomic E-state index is -3.99. The van der Waals surface area contributed by atoms with Crippen LogP contribution in [0.2, 0.25) is 0 Å². The van der Waals surface area contributed by atoms with Crippen molar-refractivity contribution < 1.29 is 17.9 Å². The molecule has 1 saturated heterocycles. The summed E-state index contributed by atoms with van der Waals surface area (Å²) in [6.45, 7) is 6.42. The van der Waals surface area contributed by atoms with Crippen molar-refractivity contribution in [3.05, 3.63) is 60.8 Å². The van der Waals surface area contributed by atoms with Crippen molar-refractivity contribution in [2.45, 2.75) is 50.5 Å². The smallest absolute Gasteiger partial charge is 0.241 e. The van der Waals surface area contributed by atoms with E-state index in [0.29, 0.717) is 56.1 Å². The molecule has 1 unspecified atom stereocenters. The van der Waals surface area contributed by atoms with Gasteiger partial charge in [-0.15, -0.1) is 0 Å². The molecular formula is C28H36N4O4S. The number of piperidine rings is 1. The first kappa shape index (κ1) is 26.9. The number of carbonyl (C=O) groups excluding carboxylic acids is 1. The molecule has 3 aromatic rings. The Kier molecular flexibility index (Phi) is 9.00. The second-order valence-corrected chi connectivity index (χ2v) is 11.2. The number of rotatable bonds is 11. The third kappa shape index (κ3) is 6.78. The number of pyridine rings is 1. The van der Waals surface area contributed by atoms with Crippen LogP contribution in [0.3, 0.4) is 0 Å². The Balaban J connectivity index is 1.55. The number of ether oxygens (including phenoxy) is 1. The van der Waals surface area contributed by atoms with Crippen LogP contribution >= 0.6 is 0 Å². The normalized spacial score (nSPS) is 15.5. The highest BCUT2D eigenvalue weighted by Gasteiger charge is 2.31. The van der Waals surface area contributed by atoms with Gasteiger partial charge in [0, 0.05) is 36.6 Å². The topological polar surface area (TPSA) is 101 Å². The van der Waals surface area contributed by atoms with Gasteiger partial charge in [0.05, 0.1) is 11.5 Å². The number of sulfonamides is 1. The zero-order valence-corrected chi connectivity index (χ0v) is 22.3. The van der Waals surface area contributed by atoms with Gasteiger partial charge in [-0.1, -0.05) is 37.3 Å². The fourth-order valence-corrected chi connectivity index (χ4v) is 6.14. The minimum Gasteiger partial charge on any atom is -0.493 e. The van der Waals surface area contributed by atoms with E-state index in [-0.39, 0.29) is 10.8 Å². The van der Waals surface area contributed by atoms with E-state index in [0.717, 1.165) is 24.0 Å². The van der Waals surface area contributed by atoms with Gasteiger partial charge in [0.25, 0.3) is 0 Å².